The fourth-order valence-electron chi connectivity index (χ4n) is 1.82. The topological polar surface area (TPSA) is 63.4 Å². The molecular formula is C11H26N2O2S. The van der Waals surface area contributed by atoms with Crippen molar-refractivity contribution in [3.63, 3.8) is 0 Å². The van der Waals surface area contributed by atoms with Gasteiger partial charge in [0.25, 0.3) is 0 Å². The van der Waals surface area contributed by atoms with Crippen LogP contribution in [0, 0.1) is 0 Å². The summed E-state index contributed by atoms with van der Waals surface area (Å²) in [6.45, 7) is 6.88. The van der Waals surface area contributed by atoms with Crippen LogP contribution in [0.4, 0.5) is 0 Å². The zero-order valence-electron chi connectivity index (χ0n) is 10.8. The predicted molar refractivity (Wildman–Crippen MR) is 68.8 cm³/mol. The molecule has 16 heavy (non-hydrogen) atoms. The number of hydrogen-bond acceptors (Lipinski definition) is 3. The van der Waals surface area contributed by atoms with Gasteiger partial charge in [-0.25, -0.2) is 8.42 Å². The highest BCUT2D eigenvalue weighted by Crippen LogP contribution is 2.14. The molecule has 0 aliphatic rings. The van der Waals surface area contributed by atoms with Crippen molar-refractivity contribution >= 4 is 10.0 Å². The molecule has 0 aromatic heterocycles. The molecule has 98 valence electrons. The Kier molecular flexibility index (Phi) is 7.97. The first-order valence-corrected chi connectivity index (χ1v) is 7.83. The van der Waals surface area contributed by atoms with Gasteiger partial charge in [-0.1, -0.05) is 27.2 Å². The number of rotatable bonds is 9. The van der Waals surface area contributed by atoms with E-state index in [2.05, 4.69) is 0 Å². The van der Waals surface area contributed by atoms with Crippen LogP contribution >= 0.6 is 0 Å². The molecule has 0 aliphatic heterocycles. The molecule has 0 aliphatic carbocycles. The minimum atomic E-state index is -3.12. The van der Waals surface area contributed by atoms with Crippen molar-refractivity contribution in [2.24, 2.45) is 5.73 Å². The van der Waals surface area contributed by atoms with Crippen molar-refractivity contribution in [3.05, 3.63) is 0 Å². The molecule has 0 saturated heterocycles. The monoisotopic (exact) mass is 250 g/mol. The zero-order chi connectivity index (χ0) is 12.6. The number of unbranched alkanes of at least 4 members (excludes halogenated alkanes) is 1. The minimum absolute atomic E-state index is 0.102. The Hall–Kier alpha value is -0.130. The Bertz CT molecular complexity index is 261. The van der Waals surface area contributed by atoms with E-state index >= 15 is 0 Å². The molecule has 4 nitrogen and oxygen atoms in total. The Morgan fingerprint density at radius 2 is 1.75 bits per heavy atom. The van der Waals surface area contributed by atoms with Crippen LogP contribution in [0.25, 0.3) is 0 Å². The fraction of sp³-hybridized carbons (Fsp3) is 1.00. The summed E-state index contributed by atoms with van der Waals surface area (Å²) in [4.78, 5) is 0. The summed E-state index contributed by atoms with van der Waals surface area (Å²) < 4.78 is 25.8. The second-order valence-electron chi connectivity index (χ2n) is 4.04. The molecule has 2 N–H and O–H groups in total. The maximum absolute atomic E-state index is 12.1. The number of hydrogen-bond donors (Lipinski definition) is 1. The maximum atomic E-state index is 12.1. The lowest BCUT2D eigenvalue weighted by Gasteiger charge is -2.29. The van der Waals surface area contributed by atoms with Gasteiger partial charge in [-0.2, -0.15) is 4.31 Å². The second-order valence-corrected chi connectivity index (χ2v) is 6.08. The lowest BCUT2D eigenvalue weighted by molar-refractivity contribution is 0.309. The molecule has 0 bridgehead atoms. The van der Waals surface area contributed by atoms with E-state index in [1.165, 1.54) is 0 Å². The molecular weight excluding hydrogens is 224 g/mol. The average Bonchev–Trinajstić information content (AvgIpc) is 2.27. The van der Waals surface area contributed by atoms with Gasteiger partial charge in [-0.15, -0.1) is 0 Å². The second kappa shape index (κ2) is 8.03. The smallest absolute Gasteiger partial charge is 0.214 e. The van der Waals surface area contributed by atoms with Gasteiger partial charge < -0.3 is 5.73 Å². The molecule has 0 amide bonds. The van der Waals surface area contributed by atoms with Crippen LogP contribution in [-0.2, 0) is 10.0 Å². The first kappa shape index (κ1) is 15.9. The zero-order valence-corrected chi connectivity index (χ0v) is 11.6. The van der Waals surface area contributed by atoms with Gasteiger partial charge in [-0.05, 0) is 19.3 Å². The maximum Gasteiger partial charge on any atom is 0.214 e. The highest BCUT2D eigenvalue weighted by Gasteiger charge is 2.26. The third kappa shape index (κ3) is 4.80. The summed E-state index contributed by atoms with van der Waals surface area (Å²) in [5.74, 6) is 0.250. The molecule has 0 radical (unpaired) electrons. The SMILES string of the molecule is CCCCS(=O)(=O)N(CCN)C(CC)CC. The summed E-state index contributed by atoms with van der Waals surface area (Å²) in [5, 5.41) is 0. The average molecular weight is 250 g/mol. The lowest BCUT2D eigenvalue weighted by Crippen LogP contribution is -2.43. The minimum Gasteiger partial charge on any atom is -0.329 e. The largest absolute Gasteiger partial charge is 0.329 e. The number of nitrogens with zero attached hydrogens (tertiary/aromatic N) is 1. The van der Waals surface area contributed by atoms with Gasteiger partial charge in [-0.3, -0.25) is 0 Å². The standard InChI is InChI=1S/C11H26N2O2S/c1-4-7-10-16(14,15)13(9-8-12)11(5-2)6-3/h11H,4-10,12H2,1-3H3. The fourth-order valence-corrected chi connectivity index (χ4v) is 3.84. The highest BCUT2D eigenvalue weighted by molar-refractivity contribution is 7.89. The van der Waals surface area contributed by atoms with E-state index < -0.39 is 10.0 Å². The van der Waals surface area contributed by atoms with Crippen molar-refractivity contribution in [1.29, 1.82) is 0 Å². The lowest BCUT2D eigenvalue weighted by atomic mass is 10.2. The first-order valence-electron chi connectivity index (χ1n) is 6.23. The summed E-state index contributed by atoms with van der Waals surface area (Å²) in [6, 6.07) is 0.102. The Labute approximate surface area is 100 Å². The van der Waals surface area contributed by atoms with E-state index in [1.54, 1.807) is 4.31 Å². The molecule has 0 heterocycles. The van der Waals surface area contributed by atoms with E-state index in [1.807, 2.05) is 20.8 Å². The van der Waals surface area contributed by atoms with Crippen molar-refractivity contribution < 1.29 is 8.42 Å². The van der Waals surface area contributed by atoms with Gasteiger partial charge >= 0.3 is 0 Å². The van der Waals surface area contributed by atoms with E-state index in [0.29, 0.717) is 13.1 Å². The molecule has 0 spiro atoms. The molecule has 0 atom stereocenters. The summed E-state index contributed by atoms with van der Waals surface area (Å²) in [6.07, 6.45) is 3.33. The van der Waals surface area contributed by atoms with Crippen LogP contribution in [0.3, 0.4) is 0 Å². The van der Waals surface area contributed by atoms with Gasteiger partial charge in [0.05, 0.1) is 5.75 Å². The number of sulfonamides is 1. The van der Waals surface area contributed by atoms with E-state index in [9.17, 15) is 8.42 Å². The van der Waals surface area contributed by atoms with Crippen molar-refractivity contribution in [2.75, 3.05) is 18.8 Å². The summed E-state index contributed by atoms with van der Waals surface area (Å²) in [5.41, 5.74) is 5.50. The van der Waals surface area contributed by atoms with Crippen molar-refractivity contribution in [1.82, 2.24) is 4.31 Å². The third-order valence-corrected chi connectivity index (χ3v) is 4.81. The number of nitrogens with two attached hydrogens (primary N) is 1. The highest BCUT2D eigenvalue weighted by atomic mass is 32.2. The Balaban J connectivity index is 4.73. The molecule has 0 aromatic rings. The van der Waals surface area contributed by atoms with E-state index in [-0.39, 0.29) is 11.8 Å². The molecule has 5 heteroatoms. The van der Waals surface area contributed by atoms with Crippen LogP contribution in [0.1, 0.15) is 46.5 Å². The third-order valence-electron chi connectivity index (χ3n) is 2.81. The molecule has 0 fully saturated rings. The molecule has 0 unspecified atom stereocenters. The van der Waals surface area contributed by atoms with Gasteiger partial charge in [0.2, 0.25) is 10.0 Å². The van der Waals surface area contributed by atoms with Crippen molar-refractivity contribution in [2.45, 2.75) is 52.5 Å². The van der Waals surface area contributed by atoms with Gasteiger partial charge in [0.15, 0.2) is 0 Å². The van der Waals surface area contributed by atoms with Gasteiger partial charge in [0.1, 0.15) is 0 Å². The van der Waals surface area contributed by atoms with E-state index in [0.717, 1.165) is 25.7 Å². The summed E-state index contributed by atoms with van der Waals surface area (Å²) in [7, 11) is -3.12. The van der Waals surface area contributed by atoms with Crippen LogP contribution in [0.5, 0.6) is 0 Å². The molecule has 0 aromatic carbocycles. The quantitative estimate of drug-likeness (QED) is 0.675. The Morgan fingerprint density at radius 1 is 1.19 bits per heavy atom. The molecule has 0 rings (SSSR count). The first-order chi connectivity index (χ1) is 7.53. The normalized spacial score (nSPS) is 12.6. The van der Waals surface area contributed by atoms with Crippen LogP contribution < -0.4 is 5.73 Å². The Morgan fingerprint density at radius 3 is 2.12 bits per heavy atom. The summed E-state index contributed by atoms with van der Waals surface area (Å²) >= 11 is 0. The molecule has 0 saturated carbocycles. The van der Waals surface area contributed by atoms with E-state index in [4.69, 9.17) is 5.73 Å². The van der Waals surface area contributed by atoms with Crippen LogP contribution in [-0.4, -0.2) is 37.6 Å². The predicted octanol–water partition coefficient (Wildman–Crippen LogP) is 1.57. The van der Waals surface area contributed by atoms with Crippen molar-refractivity contribution in [3.8, 4) is 0 Å². The van der Waals surface area contributed by atoms with Crippen LogP contribution in [0.2, 0.25) is 0 Å². The van der Waals surface area contributed by atoms with Crippen LogP contribution in [0.15, 0.2) is 0 Å². The van der Waals surface area contributed by atoms with Gasteiger partial charge in [0, 0.05) is 19.1 Å².